The van der Waals surface area contributed by atoms with Crippen molar-refractivity contribution in [3.05, 3.63) is 41.0 Å². The summed E-state index contributed by atoms with van der Waals surface area (Å²) >= 11 is 0. The average molecular weight is 228 g/mol. The van der Waals surface area contributed by atoms with Crippen molar-refractivity contribution >= 4 is 11.6 Å². The number of hydrogen-bond acceptors (Lipinski definition) is 4. The molecule has 4 nitrogen and oxygen atoms in total. The van der Waals surface area contributed by atoms with Gasteiger partial charge in [-0.15, -0.1) is 0 Å². The highest BCUT2D eigenvalue weighted by atomic mass is 15.2. The quantitative estimate of drug-likeness (QED) is 0.858. The second kappa shape index (κ2) is 4.49. The number of nitrogens with one attached hydrogen (secondary N) is 1. The molecule has 0 saturated heterocycles. The summed E-state index contributed by atoms with van der Waals surface area (Å²) in [6, 6.07) is 6.28. The third kappa shape index (κ3) is 3.00. The molecule has 0 aliphatic carbocycles. The lowest BCUT2D eigenvalue weighted by Crippen LogP contribution is -2.03. The minimum atomic E-state index is 0.597. The fraction of sp³-hybridized carbons (Fsp3) is 0.308. The van der Waals surface area contributed by atoms with Gasteiger partial charge in [-0.25, -0.2) is 4.98 Å². The first-order valence-electron chi connectivity index (χ1n) is 5.57. The van der Waals surface area contributed by atoms with Crippen LogP contribution in [-0.4, -0.2) is 15.0 Å². The summed E-state index contributed by atoms with van der Waals surface area (Å²) in [7, 11) is 0. The van der Waals surface area contributed by atoms with E-state index in [0.29, 0.717) is 5.95 Å². The van der Waals surface area contributed by atoms with Gasteiger partial charge >= 0.3 is 0 Å². The molecule has 0 bridgehead atoms. The van der Waals surface area contributed by atoms with Crippen molar-refractivity contribution < 1.29 is 0 Å². The Morgan fingerprint density at radius 3 is 1.82 bits per heavy atom. The number of rotatable bonds is 2. The van der Waals surface area contributed by atoms with E-state index >= 15 is 0 Å². The molecular formula is C13H16N4. The first-order valence-corrected chi connectivity index (χ1v) is 5.57. The van der Waals surface area contributed by atoms with Crippen LogP contribution in [0.15, 0.2) is 18.2 Å². The summed E-state index contributed by atoms with van der Waals surface area (Å²) in [5, 5.41) is 3.20. The van der Waals surface area contributed by atoms with Gasteiger partial charge in [0.25, 0.3) is 0 Å². The maximum atomic E-state index is 4.26. The Morgan fingerprint density at radius 2 is 1.29 bits per heavy atom. The Labute approximate surface area is 101 Å². The predicted octanol–water partition coefficient (Wildman–Crippen LogP) is 2.85. The second-order valence-corrected chi connectivity index (χ2v) is 4.25. The lowest BCUT2D eigenvalue weighted by atomic mass is 10.1. The molecule has 0 aliphatic rings. The van der Waals surface area contributed by atoms with Gasteiger partial charge in [0.05, 0.1) is 0 Å². The largest absolute Gasteiger partial charge is 0.324 e. The summed E-state index contributed by atoms with van der Waals surface area (Å²) in [5.74, 6) is 2.05. The van der Waals surface area contributed by atoms with Crippen LogP contribution in [0.25, 0.3) is 0 Å². The molecule has 1 aromatic carbocycles. The van der Waals surface area contributed by atoms with Gasteiger partial charge in [0.15, 0.2) is 0 Å². The van der Waals surface area contributed by atoms with Crippen molar-refractivity contribution in [3.63, 3.8) is 0 Å². The zero-order valence-corrected chi connectivity index (χ0v) is 10.6. The highest BCUT2D eigenvalue weighted by Gasteiger charge is 2.02. The van der Waals surface area contributed by atoms with Gasteiger partial charge in [-0.2, -0.15) is 9.97 Å². The summed E-state index contributed by atoms with van der Waals surface area (Å²) in [6.45, 7) is 7.87. The van der Waals surface area contributed by atoms with Crippen molar-refractivity contribution in [2.45, 2.75) is 27.7 Å². The fourth-order valence-corrected chi connectivity index (χ4v) is 1.85. The highest BCUT2D eigenvalue weighted by Crippen LogP contribution is 2.17. The number of anilines is 2. The average Bonchev–Trinajstić information content (AvgIpc) is 2.13. The first-order chi connectivity index (χ1) is 8.02. The Bertz CT molecular complexity index is 459. The topological polar surface area (TPSA) is 50.7 Å². The molecule has 88 valence electrons. The summed E-state index contributed by atoms with van der Waals surface area (Å²) < 4.78 is 0. The molecular weight excluding hydrogens is 212 g/mol. The smallest absolute Gasteiger partial charge is 0.230 e. The molecule has 1 heterocycles. The molecule has 0 fully saturated rings. The van der Waals surface area contributed by atoms with Crippen molar-refractivity contribution in [2.75, 3.05) is 5.32 Å². The lowest BCUT2D eigenvalue weighted by Gasteiger charge is -2.08. The van der Waals surface area contributed by atoms with Crippen LogP contribution in [0.3, 0.4) is 0 Å². The number of benzene rings is 1. The molecule has 2 aromatic rings. The van der Waals surface area contributed by atoms with Gasteiger partial charge in [0.1, 0.15) is 11.6 Å². The molecule has 0 unspecified atom stereocenters. The van der Waals surface area contributed by atoms with Gasteiger partial charge < -0.3 is 5.32 Å². The van der Waals surface area contributed by atoms with Gasteiger partial charge in [0, 0.05) is 5.69 Å². The number of aryl methyl sites for hydroxylation is 4. The third-order valence-electron chi connectivity index (χ3n) is 2.34. The van der Waals surface area contributed by atoms with Crippen molar-refractivity contribution in [2.24, 2.45) is 0 Å². The van der Waals surface area contributed by atoms with Crippen LogP contribution in [-0.2, 0) is 0 Å². The van der Waals surface area contributed by atoms with E-state index < -0.39 is 0 Å². The molecule has 0 radical (unpaired) electrons. The molecule has 1 aromatic heterocycles. The Balaban J connectivity index is 2.31. The molecule has 0 amide bonds. The van der Waals surface area contributed by atoms with E-state index in [9.17, 15) is 0 Å². The van der Waals surface area contributed by atoms with Gasteiger partial charge in [-0.05, 0) is 51.0 Å². The summed E-state index contributed by atoms with van der Waals surface area (Å²) in [6.07, 6.45) is 0. The van der Waals surface area contributed by atoms with E-state index in [1.54, 1.807) is 0 Å². The van der Waals surface area contributed by atoms with Gasteiger partial charge in [0.2, 0.25) is 5.95 Å². The molecule has 1 N–H and O–H groups in total. The molecule has 0 atom stereocenters. The maximum absolute atomic E-state index is 4.26. The summed E-state index contributed by atoms with van der Waals surface area (Å²) in [4.78, 5) is 12.7. The number of aromatic nitrogens is 3. The Kier molecular flexibility index (Phi) is 3.04. The zero-order valence-electron chi connectivity index (χ0n) is 10.6. The molecule has 4 heteroatoms. The SMILES string of the molecule is Cc1cc(C)cc(Nc2nc(C)nc(C)n2)c1. The van der Waals surface area contributed by atoms with Crippen LogP contribution < -0.4 is 5.32 Å². The number of nitrogens with zero attached hydrogens (tertiary/aromatic N) is 3. The molecule has 0 saturated carbocycles. The third-order valence-corrected chi connectivity index (χ3v) is 2.34. The predicted molar refractivity (Wildman–Crippen MR) is 68.5 cm³/mol. The van der Waals surface area contributed by atoms with Crippen LogP contribution in [0, 0.1) is 27.7 Å². The van der Waals surface area contributed by atoms with Gasteiger partial charge in [-0.1, -0.05) is 6.07 Å². The summed E-state index contributed by atoms with van der Waals surface area (Å²) in [5.41, 5.74) is 3.44. The van der Waals surface area contributed by atoms with Crippen molar-refractivity contribution in [1.29, 1.82) is 0 Å². The minimum Gasteiger partial charge on any atom is -0.324 e. The Hall–Kier alpha value is -1.97. The van der Waals surface area contributed by atoms with Gasteiger partial charge in [-0.3, -0.25) is 0 Å². The standard InChI is InChI=1S/C13H16N4/c1-8-5-9(2)7-12(6-8)17-13-15-10(3)14-11(4)16-13/h5-7H,1-4H3,(H,14,15,16,17). The first kappa shape index (κ1) is 11.5. The van der Waals surface area contributed by atoms with E-state index in [2.05, 4.69) is 52.3 Å². The number of hydrogen-bond donors (Lipinski definition) is 1. The van der Waals surface area contributed by atoms with Crippen LogP contribution in [0.4, 0.5) is 11.6 Å². The van der Waals surface area contributed by atoms with Crippen LogP contribution in [0.1, 0.15) is 22.8 Å². The molecule has 17 heavy (non-hydrogen) atoms. The minimum absolute atomic E-state index is 0.597. The van der Waals surface area contributed by atoms with E-state index in [4.69, 9.17) is 0 Å². The maximum Gasteiger partial charge on any atom is 0.230 e. The van der Waals surface area contributed by atoms with E-state index in [1.807, 2.05) is 13.8 Å². The van der Waals surface area contributed by atoms with E-state index in [-0.39, 0.29) is 0 Å². The molecule has 2 rings (SSSR count). The monoisotopic (exact) mass is 228 g/mol. The van der Waals surface area contributed by atoms with Crippen LogP contribution in [0.2, 0.25) is 0 Å². The Morgan fingerprint density at radius 1 is 0.765 bits per heavy atom. The highest BCUT2D eigenvalue weighted by molar-refractivity contribution is 5.55. The molecule has 0 aliphatic heterocycles. The zero-order chi connectivity index (χ0) is 12.4. The van der Waals surface area contributed by atoms with Crippen LogP contribution >= 0.6 is 0 Å². The van der Waals surface area contributed by atoms with E-state index in [0.717, 1.165) is 17.3 Å². The molecule has 0 spiro atoms. The fourth-order valence-electron chi connectivity index (χ4n) is 1.85. The van der Waals surface area contributed by atoms with Crippen LogP contribution in [0.5, 0.6) is 0 Å². The van der Waals surface area contributed by atoms with E-state index in [1.165, 1.54) is 11.1 Å². The second-order valence-electron chi connectivity index (χ2n) is 4.25. The van der Waals surface area contributed by atoms with Crippen molar-refractivity contribution in [3.8, 4) is 0 Å². The lowest BCUT2D eigenvalue weighted by molar-refractivity contribution is 0.928. The normalized spacial score (nSPS) is 10.4. The van der Waals surface area contributed by atoms with Crippen molar-refractivity contribution in [1.82, 2.24) is 15.0 Å².